The van der Waals surface area contributed by atoms with E-state index in [2.05, 4.69) is 19.2 Å². The number of aryl methyl sites for hydroxylation is 1. The van der Waals surface area contributed by atoms with Crippen LogP contribution in [0.5, 0.6) is 0 Å². The Kier molecular flexibility index (Phi) is 11.4. The molecule has 9 heteroatoms. The zero-order valence-electron chi connectivity index (χ0n) is 24.4. The van der Waals surface area contributed by atoms with Gasteiger partial charge in [-0.05, 0) is 73.2 Å². The lowest BCUT2D eigenvalue weighted by atomic mass is 10.0. The summed E-state index contributed by atoms with van der Waals surface area (Å²) in [7, 11) is -4.11. The van der Waals surface area contributed by atoms with Crippen LogP contribution in [0.3, 0.4) is 0 Å². The lowest BCUT2D eigenvalue weighted by Crippen LogP contribution is -2.52. The molecular formula is C32H40ClN3O4S. The predicted octanol–water partition coefficient (Wildman–Crippen LogP) is 6.30. The van der Waals surface area contributed by atoms with Crippen LogP contribution in [0.4, 0.5) is 5.69 Å². The van der Waals surface area contributed by atoms with Gasteiger partial charge in [0.2, 0.25) is 11.8 Å². The SMILES string of the molecule is CCCNC(=O)[C@@H](CC)N(Cc1ccc(Cl)cc1)C(=O)CN(c1ccc(C(C)C)cc1)S(=O)(=O)c1ccc(C)cc1. The fraction of sp³-hybridized carbons (Fsp3) is 0.375. The molecule has 0 aromatic heterocycles. The van der Waals surface area contributed by atoms with E-state index < -0.39 is 28.5 Å². The molecule has 0 radical (unpaired) electrons. The summed E-state index contributed by atoms with van der Waals surface area (Å²) in [6.45, 7) is 9.92. The van der Waals surface area contributed by atoms with Gasteiger partial charge in [-0.25, -0.2) is 8.42 Å². The fourth-order valence-corrected chi connectivity index (χ4v) is 6.00. The number of sulfonamides is 1. The van der Waals surface area contributed by atoms with E-state index in [1.165, 1.54) is 4.90 Å². The molecule has 0 heterocycles. The summed E-state index contributed by atoms with van der Waals surface area (Å²) < 4.78 is 29.1. The van der Waals surface area contributed by atoms with Crippen molar-refractivity contribution < 1.29 is 18.0 Å². The van der Waals surface area contributed by atoms with E-state index in [9.17, 15) is 18.0 Å². The summed E-state index contributed by atoms with van der Waals surface area (Å²) in [6.07, 6.45) is 1.12. The number of carbonyl (C=O) groups excluding carboxylic acids is 2. The molecule has 2 amide bonds. The van der Waals surface area contributed by atoms with Gasteiger partial charge in [-0.2, -0.15) is 0 Å². The second-order valence-electron chi connectivity index (χ2n) is 10.4. The maximum atomic E-state index is 14.1. The minimum Gasteiger partial charge on any atom is -0.354 e. The number of nitrogens with zero attached hydrogens (tertiary/aromatic N) is 2. The number of nitrogens with one attached hydrogen (secondary N) is 1. The molecule has 3 aromatic rings. The average Bonchev–Trinajstić information content (AvgIpc) is 2.95. The molecule has 220 valence electrons. The van der Waals surface area contributed by atoms with Gasteiger partial charge in [-0.1, -0.05) is 81.3 Å². The van der Waals surface area contributed by atoms with E-state index in [0.29, 0.717) is 23.7 Å². The highest BCUT2D eigenvalue weighted by Gasteiger charge is 2.33. The van der Waals surface area contributed by atoms with Gasteiger partial charge in [0.25, 0.3) is 10.0 Å². The Hall–Kier alpha value is -3.36. The van der Waals surface area contributed by atoms with E-state index in [0.717, 1.165) is 27.4 Å². The number of anilines is 1. The normalized spacial score (nSPS) is 12.2. The van der Waals surface area contributed by atoms with Gasteiger partial charge >= 0.3 is 0 Å². The number of hydrogen-bond donors (Lipinski definition) is 1. The number of amides is 2. The van der Waals surface area contributed by atoms with E-state index in [1.807, 2.05) is 32.9 Å². The van der Waals surface area contributed by atoms with Crippen LogP contribution in [0.25, 0.3) is 0 Å². The Morgan fingerprint density at radius 3 is 2.05 bits per heavy atom. The molecule has 1 atom stereocenters. The first-order chi connectivity index (χ1) is 19.5. The lowest BCUT2D eigenvalue weighted by Gasteiger charge is -2.33. The van der Waals surface area contributed by atoms with Crippen LogP contribution in [0, 0.1) is 6.92 Å². The fourth-order valence-electron chi connectivity index (χ4n) is 4.46. The Morgan fingerprint density at radius 2 is 1.51 bits per heavy atom. The van der Waals surface area contributed by atoms with Gasteiger partial charge in [0, 0.05) is 18.1 Å². The summed E-state index contributed by atoms with van der Waals surface area (Å²) in [6, 6.07) is 20.0. The van der Waals surface area contributed by atoms with E-state index in [4.69, 9.17) is 11.6 Å². The molecule has 0 aliphatic carbocycles. The number of halogens is 1. The Labute approximate surface area is 249 Å². The van der Waals surface area contributed by atoms with E-state index >= 15 is 0 Å². The summed E-state index contributed by atoms with van der Waals surface area (Å²) >= 11 is 6.08. The Balaban J connectivity index is 2.06. The minimum atomic E-state index is -4.11. The van der Waals surface area contributed by atoms with Gasteiger partial charge in [-0.3, -0.25) is 13.9 Å². The number of benzene rings is 3. The smallest absolute Gasteiger partial charge is 0.264 e. The molecule has 0 bridgehead atoms. The molecular weight excluding hydrogens is 558 g/mol. The predicted molar refractivity (Wildman–Crippen MR) is 166 cm³/mol. The zero-order chi connectivity index (χ0) is 30.2. The van der Waals surface area contributed by atoms with Crippen molar-refractivity contribution in [3.63, 3.8) is 0 Å². The van der Waals surface area contributed by atoms with Crippen LogP contribution < -0.4 is 9.62 Å². The van der Waals surface area contributed by atoms with Gasteiger partial charge in [0.1, 0.15) is 12.6 Å². The van der Waals surface area contributed by atoms with Crippen LogP contribution in [0.1, 0.15) is 63.1 Å². The highest BCUT2D eigenvalue weighted by Crippen LogP contribution is 2.27. The van der Waals surface area contributed by atoms with Crippen molar-refractivity contribution in [3.05, 3.63) is 94.5 Å². The molecule has 0 aliphatic rings. The molecule has 3 aromatic carbocycles. The Bertz CT molecular complexity index is 1410. The van der Waals surface area contributed by atoms with Crippen LogP contribution in [-0.4, -0.2) is 44.3 Å². The van der Waals surface area contributed by atoms with E-state index in [-0.39, 0.29) is 23.3 Å². The minimum absolute atomic E-state index is 0.0841. The average molecular weight is 598 g/mol. The van der Waals surface area contributed by atoms with Crippen molar-refractivity contribution in [1.29, 1.82) is 0 Å². The molecule has 0 aliphatic heterocycles. The van der Waals surface area contributed by atoms with Crippen LogP contribution in [-0.2, 0) is 26.2 Å². The molecule has 7 nitrogen and oxygen atoms in total. The number of hydrogen-bond acceptors (Lipinski definition) is 4. The molecule has 1 N–H and O–H groups in total. The van der Waals surface area contributed by atoms with Crippen LogP contribution in [0.2, 0.25) is 5.02 Å². The standard InChI is InChI=1S/C32H40ClN3O4S/c1-6-20-34-32(38)30(7-2)35(21-25-10-14-27(33)15-11-25)31(37)22-36(28-16-12-26(13-17-28)23(3)4)41(39,40)29-18-8-24(5)9-19-29/h8-19,23,30H,6-7,20-22H2,1-5H3,(H,34,38)/t30-/m1/s1. The summed E-state index contributed by atoms with van der Waals surface area (Å²) in [4.78, 5) is 28.8. The molecule has 0 saturated carbocycles. The van der Waals surface area contributed by atoms with Gasteiger partial charge in [-0.15, -0.1) is 0 Å². The van der Waals surface area contributed by atoms with Gasteiger partial charge in [0.05, 0.1) is 10.6 Å². The highest BCUT2D eigenvalue weighted by molar-refractivity contribution is 7.92. The summed E-state index contributed by atoms with van der Waals surface area (Å²) in [5.74, 6) is -0.498. The molecule has 0 fully saturated rings. The maximum Gasteiger partial charge on any atom is 0.264 e. The zero-order valence-corrected chi connectivity index (χ0v) is 26.0. The van der Waals surface area contributed by atoms with Gasteiger partial charge in [0.15, 0.2) is 0 Å². The summed E-state index contributed by atoms with van der Waals surface area (Å²) in [5, 5.41) is 3.45. The van der Waals surface area contributed by atoms with E-state index in [1.54, 1.807) is 60.7 Å². The molecule has 0 saturated heterocycles. The second kappa shape index (κ2) is 14.5. The lowest BCUT2D eigenvalue weighted by molar-refractivity contribution is -0.140. The monoisotopic (exact) mass is 597 g/mol. The third-order valence-electron chi connectivity index (χ3n) is 6.94. The van der Waals surface area contributed by atoms with Crippen molar-refractivity contribution in [1.82, 2.24) is 10.2 Å². The third-order valence-corrected chi connectivity index (χ3v) is 8.98. The Morgan fingerprint density at radius 1 is 0.902 bits per heavy atom. The molecule has 3 rings (SSSR count). The van der Waals surface area contributed by atoms with Crippen molar-refractivity contribution in [2.45, 2.75) is 70.9 Å². The van der Waals surface area contributed by atoms with Crippen molar-refractivity contribution in [2.75, 3.05) is 17.4 Å². The summed E-state index contributed by atoms with van der Waals surface area (Å²) in [5.41, 5.74) is 3.12. The highest BCUT2D eigenvalue weighted by atomic mass is 35.5. The first kappa shape index (κ1) is 32.2. The van der Waals surface area contributed by atoms with Crippen LogP contribution >= 0.6 is 11.6 Å². The maximum absolute atomic E-state index is 14.1. The second-order valence-corrected chi connectivity index (χ2v) is 12.7. The number of carbonyl (C=O) groups is 2. The number of rotatable bonds is 13. The van der Waals surface area contributed by atoms with Gasteiger partial charge < -0.3 is 10.2 Å². The van der Waals surface area contributed by atoms with Crippen molar-refractivity contribution in [2.24, 2.45) is 0 Å². The van der Waals surface area contributed by atoms with Crippen molar-refractivity contribution >= 4 is 39.1 Å². The van der Waals surface area contributed by atoms with Crippen LogP contribution in [0.15, 0.2) is 77.7 Å². The van der Waals surface area contributed by atoms with Crippen molar-refractivity contribution in [3.8, 4) is 0 Å². The quantitative estimate of drug-likeness (QED) is 0.250. The molecule has 41 heavy (non-hydrogen) atoms. The molecule has 0 unspecified atom stereocenters. The largest absolute Gasteiger partial charge is 0.354 e. The first-order valence-electron chi connectivity index (χ1n) is 14.0. The third kappa shape index (κ3) is 8.33. The first-order valence-corrected chi connectivity index (χ1v) is 15.8. The topological polar surface area (TPSA) is 86.8 Å². The molecule has 0 spiro atoms.